The average Bonchev–Trinajstić information content (AvgIpc) is 2.76. The van der Waals surface area contributed by atoms with Crippen LogP contribution >= 0.6 is 0 Å². The fourth-order valence-corrected chi connectivity index (χ4v) is 3.04. The highest BCUT2D eigenvalue weighted by atomic mass is 16.5. The van der Waals surface area contributed by atoms with E-state index in [4.69, 9.17) is 4.74 Å². The number of amides is 2. The van der Waals surface area contributed by atoms with E-state index in [1.165, 1.54) is 6.42 Å². The molecular formula is C14H24N2O4. The summed E-state index contributed by atoms with van der Waals surface area (Å²) < 4.78 is 5.23. The summed E-state index contributed by atoms with van der Waals surface area (Å²) in [6, 6.07) is -0.155. The number of ether oxygens (including phenoxy) is 1. The van der Waals surface area contributed by atoms with Crippen molar-refractivity contribution in [3.63, 3.8) is 0 Å². The zero-order valence-corrected chi connectivity index (χ0v) is 12.3. The highest BCUT2D eigenvalue weighted by Crippen LogP contribution is 2.40. The van der Waals surface area contributed by atoms with Crippen LogP contribution in [0.25, 0.3) is 0 Å². The Bertz CT molecular complexity index is 395. The zero-order chi connectivity index (χ0) is 14.8. The highest BCUT2D eigenvalue weighted by molar-refractivity contribution is 5.79. The summed E-state index contributed by atoms with van der Waals surface area (Å²) >= 11 is 0. The molecule has 0 radical (unpaired) electrons. The number of hydrogen-bond acceptors (Lipinski definition) is 3. The molecule has 2 amide bonds. The minimum absolute atomic E-state index is 0.0836. The third-order valence-corrected chi connectivity index (χ3v) is 4.76. The van der Waals surface area contributed by atoms with Gasteiger partial charge in [-0.15, -0.1) is 0 Å². The maximum atomic E-state index is 12.1. The van der Waals surface area contributed by atoms with Gasteiger partial charge in [-0.25, -0.2) is 4.79 Å². The molecule has 0 bridgehead atoms. The second kappa shape index (κ2) is 5.60. The van der Waals surface area contributed by atoms with Crippen molar-refractivity contribution in [2.75, 3.05) is 33.4 Å². The van der Waals surface area contributed by atoms with Crippen molar-refractivity contribution in [2.45, 2.75) is 32.6 Å². The Hall–Kier alpha value is -1.30. The van der Waals surface area contributed by atoms with Crippen molar-refractivity contribution in [1.82, 2.24) is 10.2 Å². The number of likely N-dealkylation sites (tertiary alicyclic amines) is 1. The van der Waals surface area contributed by atoms with Gasteiger partial charge in [0.05, 0.1) is 12.0 Å². The number of nitrogens with zero attached hydrogens (tertiary/aromatic N) is 1. The number of carbonyl (C=O) groups excluding carboxylic acids is 1. The van der Waals surface area contributed by atoms with Crippen molar-refractivity contribution < 1.29 is 19.4 Å². The molecule has 2 N–H and O–H groups in total. The quantitative estimate of drug-likeness (QED) is 0.798. The number of carboxylic acid groups (broad SMARTS) is 1. The second-order valence-corrected chi connectivity index (χ2v) is 6.48. The maximum Gasteiger partial charge on any atom is 0.317 e. The van der Waals surface area contributed by atoms with E-state index in [1.807, 2.05) is 0 Å². The maximum absolute atomic E-state index is 12.1. The Kier molecular flexibility index (Phi) is 4.22. The van der Waals surface area contributed by atoms with Crippen LogP contribution in [-0.2, 0) is 9.53 Å². The normalized spacial score (nSPS) is 28.0. The fraction of sp³-hybridized carbons (Fsp3) is 0.857. The van der Waals surface area contributed by atoms with Gasteiger partial charge in [0.25, 0.3) is 0 Å². The average molecular weight is 284 g/mol. The van der Waals surface area contributed by atoms with Gasteiger partial charge in [0, 0.05) is 32.2 Å². The molecule has 1 saturated carbocycles. The number of nitrogens with one attached hydrogen (secondary N) is 1. The summed E-state index contributed by atoms with van der Waals surface area (Å²) in [7, 11) is 1.68. The molecule has 1 aliphatic carbocycles. The SMILES string of the molecule is COCC1(CNC(=O)N2CCC(C)(C(=O)O)C2)CCC1. The first-order valence-electron chi connectivity index (χ1n) is 7.16. The lowest BCUT2D eigenvalue weighted by atomic mass is 9.69. The van der Waals surface area contributed by atoms with Gasteiger partial charge in [-0.3, -0.25) is 4.79 Å². The molecule has 1 atom stereocenters. The van der Waals surface area contributed by atoms with Crippen molar-refractivity contribution >= 4 is 12.0 Å². The van der Waals surface area contributed by atoms with Crippen LogP contribution in [-0.4, -0.2) is 55.4 Å². The molecule has 0 aromatic heterocycles. The van der Waals surface area contributed by atoms with Gasteiger partial charge in [-0.05, 0) is 26.2 Å². The van der Waals surface area contributed by atoms with Gasteiger partial charge in [0.15, 0.2) is 0 Å². The molecule has 1 heterocycles. The summed E-state index contributed by atoms with van der Waals surface area (Å²) in [6.45, 7) is 3.76. The van der Waals surface area contributed by atoms with Gasteiger partial charge in [0.1, 0.15) is 0 Å². The predicted molar refractivity (Wildman–Crippen MR) is 73.5 cm³/mol. The van der Waals surface area contributed by atoms with Gasteiger partial charge in [-0.2, -0.15) is 0 Å². The first kappa shape index (κ1) is 15.1. The van der Waals surface area contributed by atoms with Crippen LogP contribution in [0.4, 0.5) is 4.79 Å². The van der Waals surface area contributed by atoms with E-state index >= 15 is 0 Å². The Balaban J connectivity index is 1.83. The molecule has 2 fully saturated rings. The van der Waals surface area contributed by atoms with E-state index in [2.05, 4.69) is 5.32 Å². The molecule has 6 heteroatoms. The summed E-state index contributed by atoms with van der Waals surface area (Å²) in [5.74, 6) is -0.831. The summed E-state index contributed by atoms with van der Waals surface area (Å²) in [5.41, 5.74) is -0.724. The fourth-order valence-electron chi connectivity index (χ4n) is 3.04. The molecule has 2 rings (SSSR count). The van der Waals surface area contributed by atoms with Crippen molar-refractivity contribution in [3.8, 4) is 0 Å². The Morgan fingerprint density at radius 3 is 2.50 bits per heavy atom. The first-order valence-corrected chi connectivity index (χ1v) is 7.16. The number of methoxy groups -OCH3 is 1. The number of carboxylic acids is 1. The minimum Gasteiger partial charge on any atom is -0.481 e. The van der Waals surface area contributed by atoms with E-state index in [1.54, 1.807) is 18.9 Å². The van der Waals surface area contributed by atoms with Gasteiger partial charge in [0.2, 0.25) is 0 Å². The molecule has 0 spiro atoms. The lowest BCUT2D eigenvalue weighted by Crippen LogP contribution is -2.49. The van der Waals surface area contributed by atoms with Crippen LogP contribution in [0.15, 0.2) is 0 Å². The summed E-state index contributed by atoms with van der Waals surface area (Å²) in [6.07, 6.45) is 3.85. The lowest BCUT2D eigenvalue weighted by molar-refractivity contribution is -0.147. The third kappa shape index (κ3) is 2.90. The van der Waals surface area contributed by atoms with E-state index < -0.39 is 11.4 Å². The van der Waals surface area contributed by atoms with Crippen LogP contribution < -0.4 is 5.32 Å². The zero-order valence-electron chi connectivity index (χ0n) is 12.3. The van der Waals surface area contributed by atoms with Crippen molar-refractivity contribution in [3.05, 3.63) is 0 Å². The van der Waals surface area contributed by atoms with Gasteiger partial charge >= 0.3 is 12.0 Å². The largest absolute Gasteiger partial charge is 0.481 e. The van der Waals surface area contributed by atoms with Crippen LogP contribution in [0.2, 0.25) is 0 Å². The molecule has 0 aromatic carbocycles. The monoisotopic (exact) mass is 284 g/mol. The van der Waals surface area contributed by atoms with Crippen molar-refractivity contribution in [1.29, 1.82) is 0 Å². The summed E-state index contributed by atoms with van der Waals surface area (Å²) in [4.78, 5) is 24.9. The van der Waals surface area contributed by atoms with Crippen LogP contribution in [0.3, 0.4) is 0 Å². The first-order chi connectivity index (χ1) is 9.41. The van der Waals surface area contributed by atoms with Crippen LogP contribution in [0.5, 0.6) is 0 Å². The molecule has 6 nitrogen and oxygen atoms in total. The number of carbonyl (C=O) groups is 2. The number of hydrogen-bond donors (Lipinski definition) is 2. The molecule has 1 unspecified atom stereocenters. The minimum atomic E-state index is -0.831. The van der Waals surface area contributed by atoms with E-state index in [0.717, 1.165) is 12.8 Å². The predicted octanol–water partition coefficient (Wildman–Crippen LogP) is 1.31. The third-order valence-electron chi connectivity index (χ3n) is 4.76. The van der Waals surface area contributed by atoms with Crippen molar-refractivity contribution in [2.24, 2.45) is 10.8 Å². The number of urea groups is 1. The number of aliphatic carboxylic acids is 1. The van der Waals surface area contributed by atoms with Crippen LogP contribution in [0.1, 0.15) is 32.6 Å². The molecule has 1 aliphatic heterocycles. The molecular weight excluding hydrogens is 260 g/mol. The molecule has 0 aromatic rings. The smallest absolute Gasteiger partial charge is 0.317 e. The lowest BCUT2D eigenvalue weighted by Gasteiger charge is -2.41. The molecule has 20 heavy (non-hydrogen) atoms. The molecule has 2 aliphatic rings. The number of rotatable bonds is 5. The van der Waals surface area contributed by atoms with E-state index in [0.29, 0.717) is 26.1 Å². The van der Waals surface area contributed by atoms with E-state index in [9.17, 15) is 14.7 Å². The standard InChI is InChI=1S/C14H24N2O4/c1-13(11(17)18)6-7-16(9-13)12(19)15-8-14(10-20-2)4-3-5-14/h3-10H2,1-2H3,(H,15,19)(H,17,18). The molecule has 114 valence electrons. The van der Waals surface area contributed by atoms with Gasteiger partial charge < -0.3 is 20.1 Å². The Morgan fingerprint density at radius 1 is 1.35 bits per heavy atom. The second-order valence-electron chi connectivity index (χ2n) is 6.48. The molecule has 1 saturated heterocycles. The van der Waals surface area contributed by atoms with E-state index in [-0.39, 0.29) is 18.0 Å². The summed E-state index contributed by atoms with van der Waals surface area (Å²) in [5, 5.41) is 12.1. The topological polar surface area (TPSA) is 78.9 Å². The Labute approximate surface area is 119 Å². The highest BCUT2D eigenvalue weighted by Gasteiger charge is 2.43. The Morgan fingerprint density at radius 2 is 2.05 bits per heavy atom. The van der Waals surface area contributed by atoms with Gasteiger partial charge in [-0.1, -0.05) is 6.42 Å². The van der Waals surface area contributed by atoms with Crippen LogP contribution in [0, 0.1) is 10.8 Å².